The Morgan fingerprint density at radius 1 is 1.29 bits per heavy atom. The summed E-state index contributed by atoms with van der Waals surface area (Å²) in [6.45, 7) is 6.07. The van der Waals surface area contributed by atoms with Crippen LogP contribution in [-0.4, -0.2) is 76.7 Å². The lowest BCUT2D eigenvalue weighted by Gasteiger charge is -2.35. The van der Waals surface area contributed by atoms with Crippen LogP contribution in [0.3, 0.4) is 0 Å². The van der Waals surface area contributed by atoms with E-state index < -0.39 is 9.84 Å². The first kappa shape index (κ1) is 23.4. The first-order chi connectivity index (χ1) is 13.0. The van der Waals surface area contributed by atoms with Crippen molar-refractivity contribution in [2.45, 2.75) is 25.4 Å². The fourth-order valence-electron chi connectivity index (χ4n) is 3.63. The van der Waals surface area contributed by atoms with Gasteiger partial charge in [0, 0.05) is 32.7 Å². The molecule has 0 saturated carbocycles. The van der Waals surface area contributed by atoms with Crippen molar-refractivity contribution in [1.82, 2.24) is 15.5 Å². The summed E-state index contributed by atoms with van der Waals surface area (Å²) in [5.74, 6) is 1.09. The van der Waals surface area contributed by atoms with Gasteiger partial charge in [-0.15, -0.1) is 24.0 Å². The third-order valence-electron chi connectivity index (χ3n) is 5.21. The molecule has 1 aromatic carbocycles. The number of aliphatic imine (C=N–C) groups is 1. The van der Waals surface area contributed by atoms with E-state index >= 15 is 0 Å². The SMILES string of the molecule is CN=C(NCC(c1ccc(C)cc1)N1CCOCC1)NC1CCS(=O)(=O)C1.I. The predicted octanol–water partition coefficient (Wildman–Crippen LogP) is 1.34. The van der Waals surface area contributed by atoms with Crippen molar-refractivity contribution < 1.29 is 13.2 Å². The highest BCUT2D eigenvalue weighted by Crippen LogP contribution is 2.22. The van der Waals surface area contributed by atoms with Gasteiger partial charge in [0.25, 0.3) is 0 Å². The average Bonchev–Trinajstić information content (AvgIpc) is 3.01. The Kier molecular flexibility index (Phi) is 8.97. The van der Waals surface area contributed by atoms with Crippen LogP contribution >= 0.6 is 24.0 Å². The molecule has 158 valence electrons. The first-order valence-electron chi connectivity index (χ1n) is 9.53. The van der Waals surface area contributed by atoms with Crippen LogP contribution < -0.4 is 10.6 Å². The fraction of sp³-hybridized carbons (Fsp3) is 0.632. The van der Waals surface area contributed by atoms with Crippen LogP contribution in [0, 0.1) is 6.92 Å². The topological polar surface area (TPSA) is 83.0 Å². The molecule has 2 aliphatic rings. The molecule has 0 aliphatic carbocycles. The van der Waals surface area contributed by atoms with Gasteiger partial charge >= 0.3 is 0 Å². The average molecular weight is 522 g/mol. The molecule has 0 radical (unpaired) electrons. The molecule has 0 bridgehead atoms. The molecule has 9 heteroatoms. The molecule has 28 heavy (non-hydrogen) atoms. The number of hydrogen-bond acceptors (Lipinski definition) is 5. The summed E-state index contributed by atoms with van der Waals surface area (Å²) in [6, 6.07) is 8.77. The number of rotatable bonds is 5. The van der Waals surface area contributed by atoms with Gasteiger partial charge < -0.3 is 15.4 Å². The first-order valence-corrected chi connectivity index (χ1v) is 11.3. The molecule has 7 nitrogen and oxygen atoms in total. The van der Waals surface area contributed by atoms with Gasteiger partial charge in [-0.3, -0.25) is 9.89 Å². The number of morpholine rings is 1. The maximum atomic E-state index is 11.7. The van der Waals surface area contributed by atoms with E-state index in [1.165, 1.54) is 11.1 Å². The van der Waals surface area contributed by atoms with Gasteiger partial charge in [-0.1, -0.05) is 29.8 Å². The molecule has 2 unspecified atom stereocenters. The number of aryl methyl sites for hydroxylation is 1. The van der Waals surface area contributed by atoms with Gasteiger partial charge in [-0.05, 0) is 18.9 Å². The summed E-state index contributed by atoms with van der Waals surface area (Å²) >= 11 is 0. The van der Waals surface area contributed by atoms with Crippen LogP contribution in [0.2, 0.25) is 0 Å². The van der Waals surface area contributed by atoms with E-state index in [4.69, 9.17) is 4.74 Å². The van der Waals surface area contributed by atoms with E-state index in [2.05, 4.69) is 51.7 Å². The van der Waals surface area contributed by atoms with Crippen molar-refractivity contribution in [2.75, 3.05) is 51.4 Å². The largest absolute Gasteiger partial charge is 0.379 e. The van der Waals surface area contributed by atoms with Gasteiger partial charge in [-0.2, -0.15) is 0 Å². The second kappa shape index (κ2) is 10.7. The molecule has 3 rings (SSSR count). The fourth-order valence-corrected chi connectivity index (χ4v) is 5.30. The Balaban J connectivity index is 0.00000280. The third-order valence-corrected chi connectivity index (χ3v) is 6.98. The standard InChI is InChI=1S/C19H30N4O3S.HI/c1-15-3-5-16(6-4-15)18(23-8-10-26-11-9-23)13-21-19(20-2)22-17-7-12-27(24,25)14-17;/h3-6,17-18H,7-14H2,1-2H3,(H2,20,21,22);1H. The quantitative estimate of drug-likeness (QED) is 0.345. The Labute approximate surface area is 185 Å². The van der Waals surface area contributed by atoms with Gasteiger partial charge in [0.1, 0.15) is 0 Å². The van der Waals surface area contributed by atoms with Gasteiger partial charge in [-0.25, -0.2) is 8.42 Å². The van der Waals surface area contributed by atoms with Crippen LogP contribution in [0.1, 0.15) is 23.6 Å². The lowest BCUT2D eigenvalue weighted by molar-refractivity contribution is 0.0170. The smallest absolute Gasteiger partial charge is 0.191 e. The molecule has 2 heterocycles. The lowest BCUT2D eigenvalue weighted by atomic mass is 10.0. The molecule has 2 aliphatic heterocycles. The van der Waals surface area contributed by atoms with E-state index in [0.29, 0.717) is 18.9 Å². The Morgan fingerprint density at radius 3 is 2.54 bits per heavy atom. The van der Waals surface area contributed by atoms with Crippen LogP contribution in [-0.2, 0) is 14.6 Å². The van der Waals surface area contributed by atoms with E-state index in [0.717, 1.165) is 26.3 Å². The summed E-state index contributed by atoms with van der Waals surface area (Å²) < 4.78 is 28.9. The lowest BCUT2D eigenvalue weighted by Crippen LogP contribution is -2.48. The van der Waals surface area contributed by atoms with Gasteiger partial charge in [0.15, 0.2) is 15.8 Å². The van der Waals surface area contributed by atoms with Gasteiger partial charge in [0.05, 0.1) is 30.8 Å². The van der Waals surface area contributed by atoms with Crippen LogP contribution in [0.4, 0.5) is 0 Å². The Morgan fingerprint density at radius 2 is 1.96 bits per heavy atom. The van der Waals surface area contributed by atoms with Crippen molar-refractivity contribution in [3.63, 3.8) is 0 Å². The minimum Gasteiger partial charge on any atom is -0.379 e. The van der Waals surface area contributed by atoms with Gasteiger partial charge in [0.2, 0.25) is 0 Å². The molecule has 0 aromatic heterocycles. The van der Waals surface area contributed by atoms with Crippen molar-refractivity contribution in [2.24, 2.45) is 4.99 Å². The zero-order chi connectivity index (χ0) is 19.3. The van der Waals surface area contributed by atoms with Crippen molar-refractivity contribution in [3.05, 3.63) is 35.4 Å². The summed E-state index contributed by atoms with van der Waals surface area (Å²) in [6.07, 6.45) is 0.633. The zero-order valence-corrected chi connectivity index (χ0v) is 19.7. The number of hydrogen-bond donors (Lipinski definition) is 2. The van der Waals surface area contributed by atoms with E-state index in [-0.39, 0.29) is 47.6 Å². The highest BCUT2D eigenvalue weighted by atomic mass is 127. The van der Waals surface area contributed by atoms with Crippen molar-refractivity contribution in [1.29, 1.82) is 0 Å². The molecular weight excluding hydrogens is 491 g/mol. The molecule has 2 N–H and O–H groups in total. The molecule has 2 atom stereocenters. The molecule has 2 saturated heterocycles. The number of ether oxygens (including phenoxy) is 1. The molecule has 0 amide bonds. The molecular formula is C19H31IN4O3S. The summed E-state index contributed by atoms with van der Waals surface area (Å²) in [7, 11) is -1.20. The minimum absolute atomic E-state index is 0. The van der Waals surface area contributed by atoms with E-state index in [1.54, 1.807) is 7.05 Å². The number of nitrogens with one attached hydrogen (secondary N) is 2. The van der Waals surface area contributed by atoms with E-state index in [1.807, 2.05) is 0 Å². The Hall–Kier alpha value is -0.910. The second-order valence-corrected chi connectivity index (χ2v) is 9.50. The summed E-state index contributed by atoms with van der Waals surface area (Å²) in [4.78, 5) is 6.71. The van der Waals surface area contributed by atoms with Crippen LogP contribution in [0.15, 0.2) is 29.3 Å². The second-order valence-electron chi connectivity index (χ2n) is 7.27. The number of guanidine groups is 1. The highest BCUT2D eigenvalue weighted by molar-refractivity contribution is 14.0. The zero-order valence-electron chi connectivity index (χ0n) is 16.6. The molecule has 2 fully saturated rings. The summed E-state index contributed by atoms with van der Waals surface area (Å²) in [5.41, 5.74) is 2.50. The van der Waals surface area contributed by atoms with Crippen LogP contribution in [0.5, 0.6) is 0 Å². The number of sulfone groups is 1. The molecule has 0 spiro atoms. The minimum atomic E-state index is -2.91. The van der Waals surface area contributed by atoms with Crippen molar-refractivity contribution in [3.8, 4) is 0 Å². The highest BCUT2D eigenvalue weighted by Gasteiger charge is 2.29. The predicted molar refractivity (Wildman–Crippen MR) is 123 cm³/mol. The monoisotopic (exact) mass is 522 g/mol. The van der Waals surface area contributed by atoms with Crippen molar-refractivity contribution >= 4 is 39.8 Å². The maximum Gasteiger partial charge on any atom is 0.191 e. The number of benzene rings is 1. The number of nitrogens with zero attached hydrogens (tertiary/aromatic N) is 2. The Bertz CT molecular complexity index is 749. The van der Waals surface area contributed by atoms with E-state index in [9.17, 15) is 8.42 Å². The number of halogens is 1. The normalized spacial score (nSPS) is 23.6. The van der Waals surface area contributed by atoms with Crippen LogP contribution in [0.25, 0.3) is 0 Å². The molecule has 1 aromatic rings. The summed E-state index contributed by atoms with van der Waals surface area (Å²) in [5, 5.41) is 6.65. The third kappa shape index (κ3) is 6.57. The maximum absolute atomic E-state index is 11.7.